The molecule has 66 valence electrons. The number of esters is 1. The van der Waals surface area contributed by atoms with E-state index >= 15 is 0 Å². The maximum atomic E-state index is 10.6. The minimum Gasteiger partial charge on any atom is -0.434 e. The molecule has 0 fully saturated rings. The van der Waals surface area contributed by atoms with Crippen molar-refractivity contribution in [3.05, 3.63) is 12.3 Å². The lowest BCUT2D eigenvalue weighted by Gasteiger charge is -1.93. The molecule has 0 bridgehead atoms. The lowest BCUT2D eigenvalue weighted by Crippen LogP contribution is -2.08. The standard InChI is InChI=1S/C7H9NO4/c1-5(9)4-7(11)12-3-2-6(8)10/h2-3H,4H2,1H3,(H2,8,10). The molecule has 0 aromatic heterocycles. The Bertz CT molecular complexity index is 232. The highest BCUT2D eigenvalue weighted by Gasteiger charge is 2.03. The van der Waals surface area contributed by atoms with Crippen LogP contribution in [0.1, 0.15) is 13.3 Å². The Hall–Kier alpha value is -1.65. The highest BCUT2D eigenvalue weighted by atomic mass is 16.5. The number of primary amides is 1. The summed E-state index contributed by atoms with van der Waals surface area (Å²) < 4.78 is 4.32. The minimum absolute atomic E-state index is 0.299. The number of hydrogen-bond acceptors (Lipinski definition) is 4. The molecule has 0 spiro atoms. The second-order valence-electron chi connectivity index (χ2n) is 2.07. The summed E-state index contributed by atoms with van der Waals surface area (Å²) in [6.45, 7) is 1.26. The first kappa shape index (κ1) is 10.3. The molecule has 0 aliphatic rings. The molecule has 0 aliphatic carbocycles. The summed E-state index contributed by atoms with van der Waals surface area (Å²) in [5, 5.41) is 0. The summed E-state index contributed by atoms with van der Waals surface area (Å²) in [6.07, 6.45) is 1.44. The zero-order valence-corrected chi connectivity index (χ0v) is 6.57. The molecule has 1 amide bonds. The molecule has 5 heteroatoms. The lowest BCUT2D eigenvalue weighted by molar-refractivity contribution is -0.140. The van der Waals surface area contributed by atoms with Crippen molar-refractivity contribution in [1.29, 1.82) is 0 Å². The Balaban J connectivity index is 3.71. The first-order chi connectivity index (χ1) is 5.52. The maximum absolute atomic E-state index is 10.6. The number of hydrogen-bond donors (Lipinski definition) is 1. The van der Waals surface area contributed by atoms with E-state index in [0.717, 1.165) is 12.3 Å². The van der Waals surface area contributed by atoms with Crippen LogP contribution in [0.4, 0.5) is 0 Å². The number of carbonyl (C=O) groups excluding carboxylic acids is 3. The molecule has 0 aromatic rings. The molecule has 0 aliphatic heterocycles. The van der Waals surface area contributed by atoms with Gasteiger partial charge >= 0.3 is 5.97 Å². The van der Waals surface area contributed by atoms with E-state index in [0.29, 0.717) is 0 Å². The van der Waals surface area contributed by atoms with E-state index in [9.17, 15) is 14.4 Å². The van der Waals surface area contributed by atoms with Gasteiger partial charge in [0.1, 0.15) is 12.2 Å². The fourth-order valence-corrected chi connectivity index (χ4v) is 0.422. The first-order valence-electron chi connectivity index (χ1n) is 3.17. The number of carbonyl (C=O) groups is 3. The molecule has 0 aromatic carbocycles. The molecule has 0 radical (unpaired) electrons. The van der Waals surface area contributed by atoms with Crippen molar-refractivity contribution in [3.8, 4) is 0 Å². The predicted octanol–water partition coefficient (Wildman–Crippen LogP) is -0.492. The third-order valence-corrected chi connectivity index (χ3v) is 0.825. The maximum Gasteiger partial charge on any atom is 0.318 e. The third-order valence-electron chi connectivity index (χ3n) is 0.825. The van der Waals surface area contributed by atoms with Gasteiger partial charge in [0.25, 0.3) is 0 Å². The summed E-state index contributed by atoms with van der Waals surface area (Å²) in [6, 6.07) is 0. The average molecular weight is 171 g/mol. The molecule has 12 heavy (non-hydrogen) atoms. The second-order valence-corrected chi connectivity index (χ2v) is 2.07. The number of amides is 1. The molecule has 0 saturated carbocycles. The zero-order valence-electron chi connectivity index (χ0n) is 6.57. The molecule has 0 atom stereocenters. The quantitative estimate of drug-likeness (QED) is 0.267. The number of Topliss-reactive ketones (excluding diaryl/α,β-unsaturated/α-hetero) is 1. The molecule has 0 saturated heterocycles. The topological polar surface area (TPSA) is 86.5 Å². The Kier molecular flexibility index (Phi) is 4.36. The number of rotatable bonds is 4. The van der Waals surface area contributed by atoms with Crippen LogP contribution in [0.25, 0.3) is 0 Å². The summed E-state index contributed by atoms with van der Waals surface area (Å²) in [4.78, 5) is 31.0. The molecule has 2 N–H and O–H groups in total. The largest absolute Gasteiger partial charge is 0.434 e. The van der Waals surface area contributed by atoms with Crippen LogP contribution in [0.3, 0.4) is 0 Å². The molecule has 0 rings (SSSR count). The molecule has 0 unspecified atom stereocenters. The van der Waals surface area contributed by atoms with Crippen LogP contribution in [0, 0.1) is 0 Å². The number of ketones is 1. The minimum atomic E-state index is -0.717. The van der Waals surface area contributed by atoms with Gasteiger partial charge in [0.05, 0.1) is 6.26 Å². The zero-order chi connectivity index (χ0) is 9.56. The normalized spacial score (nSPS) is 9.75. The Morgan fingerprint density at radius 1 is 1.42 bits per heavy atom. The van der Waals surface area contributed by atoms with E-state index in [1.807, 2.05) is 0 Å². The van der Waals surface area contributed by atoms with Crippen molar-refractivity contribution >= 4 is 17.7 Å². The Morgan fingerprint density at radius 3 is 2.42 bits per heavy atom. The van der Waals surface area contributed by atoms with E-state index < -0.39 is 11.9 Å². The van der Waals surface area contributed by atoms with E-state index in [4.69, 9.17) is 5.73 Å². The second kappa shape index (κ2) is 5.06. The van der Waals surface area contributed by atoms with E-state index in [1.165, 1.54) is 6.92 Å². The van der Waals surface area contributed by atoms with Gasteiger partial charge in [0.15, 0.2) is 0 Å². The van der Waals surface area contributed by atoms with Crippen LogP contribution in [0.15, 0.2) is 12.3 Å². The van der Waals surface area contributed by atoms with Crippen LogP contribution in [0.2, 0.25) is 0 Å². The Labute approximate surface area is 69.2 Å². The number of ether oxygens (including phenoxy) is 1. The third kappa shape index (κ3) is 6.47. The van der Waals surface area contributed by atoms with Gasteiger partial charge < -0.3 is 10.5 Å². The lowest BCUT2D eigenvalue weighted by atomic mass is 10.3. The summed E-state index contributed by atoms with van der Waals surface area (Å²) >= 11 is 0. The summed E-state index contributed by atoms with van der Waals surface area (Å²) in [5.74, 6) is -1.72. The fourth-order valence-electron chi connectivity index (χ4n) is 0.422. The van der Waals surface area contributed by atoms with Crippen LogP contribution < -0.4 is 5.73 Å². The van der Waals surface area contributed by atoms with Crippen molar-refractivity contribution < 1.29 is 19.1 Å². The van der Waals surface area contributed by atoms with Gasteiger partial charge in [-0.2, -0.15) is 0 Å². The van der Waals surface area contributed by atoms with E-state index in [-0.39, 0.29) is 12.2 Å². The average Bonchev–Trinajstić information content (AvgIpc) is 1.84. The number of nitrogens with two attached hydrogens (primary N) is 1. The van der Waals surface area contributed by atoms with Crippen molar-refractivity contribution in [1.82, 2.24) is 0 Å². The van der Waals surface area contributed by atoms with Gasteiger partial charge in [-0.15, -0.1) is 0 Å². The molecule has 0 heterocycles. The molecule has 5 nitrogen and oxygen atoms in total. The van der Waals surface area contributed by atoms with Gasteiger partial charge in [0.2, 0.25) is 5.91 Å². The fraction of sp³-hybridized carbons (Fsp3) is 0.286. The molecular weight excluding hydrogens is 162 g/mol. The highest BCUT2D eigenvalue weighted by molar-refractivity contribution is 5.94. The van der Waals surface area contributed by atoms with Crippen molar-refractivity contribution in [2.24, 2.45) is 5.73 Å². The van der Waals surface area contributed by atoms with Crippen LogP contribution in [0.5, 0.6) is 0 Å². The SMILES string of the molecule is CC(=O)CC(=O)OC=CC(N)=O. The first-order valence-corrected chi connectivity index (χ1v) is 3.17. The van der Waals surface area contributed by atoms with Gasteiger partial charge in [-0.1, -0.05) is 0 Å². The van der Waals surface area contributed by atoms with E-state index in [1.54, 1.807) is 0 Å². The van der Waals surface area contributed by atoms with Crippen LogP contribution >= 0.6 is 0 Å². The summed E-state index contributed by atoms with van der Waals surface area (Å²) in [5.41, 5.74) is 4.70. The molecular formula is C7H9NO4. The summed E-state index contributed by atoms with van der Waals surface area (Å²) in [7, 11) is 0. The van der Waals surface area contributed by atoms with E-state index in [2.05, 4.69) is 4.74 Å². The van der Waals surface area contributed by atoms with Crippen LogP contribution in [-0.2, 0) is 19.1 Å². The highest BCUT2D eigenvalue weighted by Crippen LogP contribution is 1.88. The van der Waals surface area contributed by atoms with Gasteiger partial charge in [0, 0.05) is 6.08 Å². The monoisotopic (exact) mass is 171 g/mol. The van der Waals surface area contributed by atoms with Crippen molar-refractivity contribution in [3.63, 3.8) is 0 Å². The van der Waals surface area contributed by atoms with Crippen molar-refractivity contribution in [2.75, 3.05) is 0 Å². The van der Waals surface area contributed by atoms with Gasteiger partial charge in [-0.3, -0.25) is 14.4 Å². The van der Waals surface area contributed by atoms with Crippen LogP contribution in [-0.4, -0.2) is 17.7 Å². The predicted molar refractivity (Wildman–Crippen MR) is 39.7 cm³/mol. The van der Waals surface area contributed by atoms with Crippen molar-refractivity contribution in [2.45, 2.75) is 13.3 Å². The van der Waals surface area contributed by atoms with Gasteiger partial charge in [-0.05, 0) is 6.92 Å². The smallest absolute Gasteiger partial charge is 0.318 e. The Morgan fingerprint density at radius 2 is 2.00 bits per heavy atom. The van der Waals surface area contributed by atoms with Gasteiger partial charge in [-0.25, -0.2) is 0 Å².